The number of anilines is 2. The number of nitrogens with two attached hydrogens (primary N) is 1. The molecule has 2 nitrogen and oxygen atoms in total. The van der Waals surface area contributed by atoms with Crippen LogP contribution in [0.1, 0.15) is 30.0 Å². The van der Waals surface area contributed by atoms with Crippen molar-refractivity contribution in [3.05, 3.63) is 59.7 Å². The van der Waals surface area contributed by atoms with Crippen molar-refractivity contribution in [1.29, 1.82) is 0 Å². The van der Waals surface area contributed by atoms with Crippen molar-refractivity contribution in [2.45, 2.75) is 25.8 Å². The number of aryl methyl sites for hydroxylation is 1. The van der Waals surface area contributed by atoms with Crippen molar-refractivity contribution in [3.63, 3.8) is 0 Å². The Morgan fingerprint density at radius 3 is 2.63 bits per heavy atom. The van der Waals surface area contributed by atoms with Gasteiger partial charge < -0.3 is 10.6 Å². The maximum atomic E-state index is 6.26. The Hall–Kier alpha value is -1.96. The first-order chi connectivity index (χ1) is 9.27. The molecular formula is C17H20N2. The van der Waals surface area contributed by atoms with Gasteiger partial charge in [0.1, 0.15) is 0 Å². The van der Waals surface area contributed by atoms with Crippen LogP contribution in [0, 0.1) is 6.92 Å². The minimum Gasteiger partial charge on any atom is -0.397 e. The molecule has 1 atom stereocenters. The number of hydrogen-bond donors (Lipinski definition) is 1. The van der Waals surface area contributed by atoms with Crippen LogP contribution in [0.25, 0.3) is 0 Å². The second kappa shape index (κ2) is 4.96. The van der Waals surface area contributed by atoms with Gasteiger partial charge in [0.2, 0.25) is 0 Å². The summed E-state index contributed by atoms with van der Waals surface area (Å²) in [6, 6.07) is 17.5. The van der Waals surface area contributed by atoms with E-state index < -0.39 is 0 Å². The van der Waals surface area contributed by atoms with Gasteiger partial charge in [-0.2, -0.15) is 0 Å². The van der Waals surface area contributed by atoms with Crippen molar-refractivity contribution < 1.29 is 0 Å². The third-order valence-corrected chi connectivity index (χ3v) is 4.05. The van der Waals surface area contributed by atoms with Crippen LogP contribution in [0.15, 0.2) is 48.5 Å². The van der Waals surface area contributed by atoms with Crippen LogP contribution in [0.3, 0.4) is 0 Å². The molecular weight excluding hydrogens is 232 g/mol. The normalized spacial score (nSPS) is 18.8. The first-order valence-electron chi connectivity index (χ1n) is 6.94. The number of rotatable bonds is 2. The summed E-state index contributed by atoms with van der Waals surface area (Å²) in [4.78, 5) is 2.46. The molecule has 2 N–H and O–H groups in total. The van der Waals surface area contributed by atoms with Crippen LogP contribution in [0.5, 0.6) is 0 Å². The van der Waals surface area contributed by atoms with Crippen LogP contribution in [0.2, 0.25) is 0 Å². The summed E-state index contributed by atoms with van der Waals surface area (Å²) in [6.45, 7) is 3.17. The quantitative estimate of drug-likeness (QED) is 0.821. The second-order valence-electron chi connectivity index (χ2n) is 5.27. The number of nitrogen functional groups attached to an aromatic ring is 1. The zero-order valence-corrected chi connectivity index (χ0v) is 11.3. The lowest BCUT2D eigenvalue weighted by atomic mass is 10.0. The van der Waals surface area contributed by atoms with Gasteiger partial charge in [0, 0.05) is 6.54 Å². The fraction of sp³-hybridized carbons (Fsp3) is 0.294. The molecule has 0 saturated carbocycles. The molecule has 19 heavy (non-hydrogen) atoms. The van der Waals surface area contributed by atoms with Crippen molar-refractivity contribution in [3.8, 4) is 0 Å². The maximum Gasteiger partial charge on any atom is 0.0607 e. The Labute approximate surface area is 114 Å². The lowest BCUT2D eigenvalue weighted by Crippen LogP contribution is -2.23. The van der Waals surface area contributed by atoms with E-state index >= 15 is 0 Å². The van der Waals surface area contributed by atoms with Gasteiger partial charge in [-0.25, -0.2) is 0 Å². The fourth-order valence-electron chi connectivity index (χ4n) is 2.99. The Kier molecular flexibility index (Phi) is 3.16. The standard InChI is InChI=1S/C17H20N2/c1-13-7-5-10-16(17(13)18)19-12-6-11-15(19)14-8-3-2-4-9-14/h2-5,7-10,15H,6,11-12,18H2,1H3. The number of para-hydroxylation sites is 1. The molecule has 1 heterocycles. The number of benzene rings is 2. The predicted molar refractivity (Wildman–Crippen MR) is 81.4 cm³/mol. The summed E-state index contributed by atoms with van der Waals surface area (Å²) in [6.07, 6.45) is 2.43. The van der Waals surface area contributed by atoms with Gasteiger partial charge in [0.25, 0.3) is 0 Å². The highest BCUT2D eigenvalue weighted by Gasteiger charge is 2.27. The smallest absolute Gasteiger partial charge is 0.0607 e. The van der Waals surface area contributed by atoms with E-state index in [-0.39, 0.29) is 0 Å². The van der Waals surface area contributed by atoms with Gasteiger partial charge in [0.05, 0.1) is 17.4 Å². The van der Waals surface area contributed by atoms with E-state index in [1.807, 2.05) is 0 Å². The average molecular weight is 252 g/mol. The van der Waals surface area contributed by atoms with Crippen molar-refractivity contribution in [1.82, 2.24) is 0 Å². The highest BCUT2D eigenvalue weighted by molar-refractivity contribution is 5.72. The number of hydrogen-bond acceptors (Lipinski definition) is 2. The second-order valence-corrected chi connectivity index (χ2v) is 5.27. The summed E-state index contributed by atoms with van der Waals surface area (Å²) >= 11 is 0. The largest absolute Gasteiger partial charge is 0.397 e. The van der Waals surface area contributed by atoms with Crippen molar-refractivity contribution in [2.75, 3.05) is 17.2 Å². The van der Waals surface area contributed by atoms with Gasteiger partial charge in [-0.3, -0.25) is 0 Å². The van der Waals surface area contributed by atoms with Crippen LogP contribution < -0.4 is 10.6 Å². The molecule has 1 aliphatic rings. The Balaban J connectivity index is 1.98. The molecule has 98 valence electrons. The lowest BCUT2D eigenvalue weighted by molar-refractivity contribution is 0.720. The first kappa shape index (κ1) is 12.1. The monoisotopic (exact) mass is 252 g/mol. The Morgan fingerprint density at radius 2 is 1.84 bits per heavy atom. The lowest BCUT2D eigenvalue weighted by Gasteiger charge is -2.29. The predicted octanol–water partition coefficient (Wildman–Crippen LogP) is 3.92. The zero-order valence-electron chi connectivity index (χ0n) is 11.3. The Bertz CT molecular complexity index is 563. The van der Waals surface area contributed by atoms with E-state index in [0.29, 0.717) is 6.04 Å². The van der Waals surface area contributed by atoms with E-state index in [9.17, 15) is 0 Å². The molecule has 2 aromatic rings. The molecule has 3 rings (SSSR count). The van der Waals surface area contributed by atoms with Crippen LogP contribution >= 0.6 is 0 Å². The van der Waals surface area contributed by atoms with E-state index in [2.05, 4.69) is 60.4 Å². The van der Waals surface area contributed by atoms with Gasteiger partial charge >= 0.3 is 0 Å². The highest BCUT2D eigenvalue weighted by Crippen LogP contribution is 2.39. The molecule has 0 aliphatic carbocycles. The molecule has 0 aromatic heterocycles. The average Bonchev–Trinajstić information content (AvgIpc) is 2.92. The molecule has 0 amide bonds. The first-order valence-corrected chi connectivity index (χ1v) is 6.94. The minimum absolute atomic E-state index is 0.463. The number of nitrogens with zero attached hydrogens (tertiary/aromatic N) is 1. The molecule has 0 bridgehead atoms. The minimum atomic E-state index is 0.463. The van der Waals surface area contributed by atoms with Crippen molar-refractivity contribution >= 4 is 11.4 Å². The molecule has 0 spiro atoms. The molecule has 1 fully saturated rings. The van der Waals surface area contributed by atoms with E-state index in [0.717, 1.165) is 17.8 Å². The van der Waals surface area contributed by atoms with Gasteiger partial charge in [-0.15, -0.1) is 0 Å². The third-order valence-electron chi connectivity index (χ3n) is 4.05. The third kappa shape index (κ3) is 2.19. The molecule has 1 unspecified atom stereocenters. The molecule has 2 heteroatoms. The zero-order chi connectivity index (χ0) is 13.2. The van der Waals surface area contributed by atoms with Crippen molar-refractivity contribution in [2.24, 2.45) is 0 Å². The van der Waals surface area contributed by atoms with Crippen LogP contribution in [-0.4, -0.2) is 6.54 Å². The SMILES string of the molecule is Cc1cccc(N2CCCC2c2ccccc2)c1N. The van der Waals surface area contributed by atoms with Gasteiger partial charge in [-0.05, 0) is 37.0 Å². The molecule has 1 aliphatic heterocycles. The van der Waals surface area contributed by atoms with E-state index in [1.165, 1.54) is 24.1 Å². The van der Waals surface area contributed by atoms with E-state index in [1.54, 1.807) is 0 Å². The summed E-state index contributed by atoms with van der Waals surface area (Å²) in [5, 5.41) is 0. The molecule has 0 radical (unpaired) electrons. The van der Waals surface area contributed by atoms with E-state index in [4.69, 9.17) is 5.73 Å². The molecule has 2 aromatic carbocycles. The molecule has 1 saturated heterocycles. The summed E-state index contributed by atoms with van der Waals surface area (Å²) < 4.78 is 0. The van der Waals surface area contributed by atoms with Gasteiger partial charge in [-0.1, -0.05) is 42.5 Å². The van der Waals surface area contributed by atoms with Gasteiger partial charge in [0.15, 0.2) is 0 Å². The van der Waals surface area contributed by atoms with Crippen LogP contribution in [0.4, 0.5) is 11.4 Å². The fourth-order valence-corrected chi connectivity index (χ4v) is 2.99. The highest BCUT2D eigenvalue weighted by atomic mass is 15.2. The summed E-state index contributed by atoms with van der Waals surface area (Å²) in [5.41, 5.74) is 10.9. The Morgan fingerprint density at radius 1 is 1.05 bits per heavy atom. The summed E-state index contributed by atoms with van der Waals surface area (Å²) in [7, 11) is 0. The maximum absolute atomic E-state index is 6.26. The van der Waals surface area contributed by atoms with Crippen LogP contribution in [-0.2, 0) is 0 Å². The topological polar surface area (TPSA) is 29.3 Å². The summed E-state index contributed by atoms with van der Waals surface area (Å²) in [5.74, 6) is 0.